The van der Waals surface area contributed by atoms with Gasteiger partial charge in [0.1, 0.15) is 0 Å². The number of carboxylic acids is 1. The first-order valence-electron chi connectivity index (χ1n) is 4.11. The molecule has 0 atom stereocenters. The van der Waals surface area contributed by atoms with E-state index in [1.165, 1.54) is 18.2 Å². The molecule has 2 aromatic carbocycles. The lowest BCUT2D eigenvalue weighted by Gasteiger charge is -2.08. The largest absolute Gasteiger partial charge is 0.872 e. The lowest BCUT2D eigenvalue weighted by molar-refractivity contribution is -0.268. The quantitative estimate of drug-likeness (QED) is 0.737. The predicted molar refractivity (Wildman–Crippen MR) is 50.4 cm³/mol. The Morgan fingerprint density at radius 3 is 2.71 bits per heavy atom. The Kier molecular flexibility index (Phi) is 1.85. The third-order valence-corrected chi connectivity index (χ3v) is 2.08. The molecule has 0 saturated heterocycles. The van der Waals surface area contributed by atoms with Crippen molar-refractivity contribution in [3.8, 4) is 5.75 Å². The number of hydrogen-bond acceptors (Lipinski definition) is 2. The van der Waals surface area contributed by atoms with Crippen LogP contribution in [0.15, 0.2) is 36.4 Å². The van der Waals surface area contributed by atoms with Crippen molar-refractivity contribution in [2.24, 2.45) is 0 Å². The molecule has 2 rings (SSSR count). The lowest BCUT2D eigenvalue weighted by Crippen LogP contribution is -1.98. The first kappa shape index (κ1) is 8.56. The van der Waals surface area contributed by atoms with Crippen LogP contribution >= 0.6 is 0 Å². The molecule has 14 heavy (non-hydrogen) atoms. The second kappa shape index (κ2) is 3.03. The van der Waals surface area contributed by atoms with Gasteiger partial charge in [0.25, 0.3) is 0 Å². The summed E-state index contributed by atoms with van der Waals surface area (Å²) in [5, 5.41) is 21.2. The van der Waals surface area contributed by atoms with E-state index >= 15 is 0 Å². The smallest absolute Gasteiger partial charge is 0.336 e. The molecule has 0 aromatic heterocycles. The molecule has 0 amide bonds. The maximum Gasteiger partial charge on any atom is 0.336 e. The Bertz CT molecular complexity index is 503. The molecule has 0 radical (unpaired) electrons. The molecule has 0 bridgehead atoms. The summed E-state index contributed by atoms with van der Waals surface area (Å²) >= 11 is 0. The summed E-state index contributed by atoms with van der Waals surface area (Å²) in [5.74, 6) is -1.19. The zero-order chi connectivity index (χ0) is 10.1. The Morgan fingerprint density at radius 1 is 1.21 bits per heavy atom. The number of rotatable bonds is 1. The monoisotopic (exact) mass is 187 g/mol. The molecule has 3 nitrogen and oxygen atoms in total. The van der Waals surface area contributed by atoms with Crippen LogP contribution in [0.2, 0.25) is 0 Å². The van der Waals surface area contributed by atoms with E-state index < -0.39 is 5.97 Å². The van der Waals surface area contributed by atoms with Crippen LogP contribution in [0, 0.1) is 0 Å². The van der Waals surface area contributed by atoms with Crippen LogP contribution in [0.5, 0.6) is 5.75 Å². The van der Waals surface area contributed by atoms with Crippen molar-refractivity contribution in [1.29, 1.82) is 0 Å². The molecule has 0 aliphatic heterocycles. The van der Waals surface area contributed by atoms with Gasteiger partial charge in [0.05, 0.1) is 5.56 Å². The van der Waals surface area contributed by atoms with Crippen LogP contribution in [-0.2, 0) is 0 Å². The molecule has 0 unspecified atom stereocenters. The topological polar surface area (TPSA) is 60.4 Å². The van der Waals surface area contributed by atoms with Crippen molar-refractivity contribution >= 4 is 16.7 Å². The van der Waals surface area contributed by atoms with Crippen LogP contribution in [0.4, 0.5) is 0 Å². The Balaban J connectivity index is 2.84. The van der Waals surface area contributed by atoms with Gasteiger partial charge in [-0.1, -0.05) is 30.3 Å². The van der Waals surface area contributed by atoms with Gasteiger partial charge in [0, 0.05) is 0 Å². The molecule has 0 aliphatic carbocycles. The summed E-state index contributed by atoms with van der Waals surface area (Å²) in [6.07, 6.45) is 0. The van der Waals surface area contributed by atoms with Crippen molar-refractivity contribution in [1.82, 2.24) is 0 Å². The van der Waals surface area contributed by atoms with Crippen molar-refractivity contribution in [3.63, 3.8) is 0 Å². The van der Waals surface area contributed by atoms with Gasteiger partial charge >= 0.3 is 5.97 Å². The van der Waals surface area contributed by atoms with Crippen LogP contribution in [0.25, 0.3) is 10.8 Å². The number of fused-ring (bicyclic) bond motifs is 1. The summed E-state index contributed by atoms with van der Waals surface area (Å²) < 4.78 is 0. The molecule has 2 aromatic rings. The summed E-state index contributed by atoms with van der Waals surface area (Å²) in [6, 6.07) is 9.33. The van der Waals surface area contributed by atoms with E-state index in [2.05, 4.69) is 0 Å². The number of carbonyl (C=O) groups is 1. The fourth-order valence-electron chi connectivity index (χ4n) is 1.44. The molecular weight excluding hydrogens is 180 g/mol. The highest BCUT2D eigenvalue weighted by molar-refractivity contribution is 6.03. The Hall–Kier alpha value is -2.03. The molecule has 3 heteroatoms. The maximum atomic E-state index is 11.1. The van der Waals surface area contributed by atoms with Gasteiger partial charge in [-0.25, -0.2) is 4.79 Å². The minimum atomic E-state index is -1.01. The molecule has 0 aliphatic rings. The second-order valence-corrected chi connectivity index (χ2v) is 2.99. The summed E-state index contributed by atoms with van der Waals surface area (Å²) in [7, 11) is 0. The molecule has 1 N–H and O–H groups in total. The summed E-state index contributed by atoms with van der Waals surface area (Å²) in [6.45, 7) is 0. The SMILES string of the molecule is O=C(O)c1cccc2ccc([O-])cc12. The third-order valence-electron chi connectivity index (χ3n) is 2.08. The maximum absolute atomic E-state index is 11.1. The van der Waals surface area contributed by atoms with Crippen molar-refractivity contribution in [2.75, 3.05) is 0 Å². The van der Waals surface area contributed by atoms with E-state index in [1.807, 2.05) is 0 Å². The zero-order valence-electron chi connectivity index (χ0n) is 7.23. The summed E-state index contributed by atoms with van der Waals surface area (Å²) in [4.78, 5) is 10.8. The van der Waals surface area contributed by atoms with Gasteiger partial charge in [-0.15, -0.1) is 5.75 Å². The van der Waals surface area contributed by atoms with Gasteiger partial charge < -0.3 is 10.2 Å². The van der Waals surface area contributed by atoms with E-state index in [9.17, 15) is 9.90 Å². The van der Waals surface area contributed by atoms with Crippen LogP contribution < -0.4 is 5.11 Å². The van der Waals surface area contributed by atoms with Crippen LogP contribution in [0.1, 0.15) is 10.4 Å². The minimum absolute atomic E-state index is 0.167. The average molecular weight is 187 g/mol. The third kappa shape index (κ3) is 1.29. The highest BCUT2D eigenvalue weighted by Crippen LogP contribution is 2.21. The fourth-order valence-corrected chi connectivity index (χ4v) is 1.44. The predicted octanol–water partition coefficient (Wildman–Crippen LogP) is 1.61. The highest BCUT2D eigenvalue weighted by atomic mass is 16.4. The average Bonchev–Trinajstić information content (AvgIpc) is 2.16. The molecule has 70 valence electrons. The van der Waals surface area contributed by atoms with Crippen LogP contribution in [0.3, 0.4) is 0 Å². The van der Waals surface area contributed by atoms with Crippen molar-refractivity contribution in [2.45, 2.75) is 0 Å². The molecule has 0 spiro atoms. The molecule has 0 fully saturated rings. The standard InChI is InChI=1S/C11H8O3/c12-8-5-4-7-2-1-3-9(11(13)14)10(7)6-8/h1-6,12H,(H,13,14)/p-1. The van der Waals surface area contributed by atoms with Crippen molar-refractivity contribution < 1.29 is 15.0 Å². The van der Waals surface area contributed by atoms with Gasteiger partial charge in [0.2, 0.25) is 0 Å². The van der Waals surface area contributed by atoms with Gasteiger partial charge in [-0.2, -0.15) is 0 Å². The fraction of sp³-hybridized carbons (Fsp3) is 0. The Labute approximate surface area is 80.2 Å². The van der Waals surface area contributed by atoms with Gasteiger partial charge in [-0.05, 0) is 16.8 Å². The molecule has 0 heterocycles. The normalized spacial score (nSPS) is 10.3. The van der Waals surface area contributed by atoms with E-state index in [1.54, 1.807) is 18.2 Å². The first-order chi connectivity index (χ1) is 6.68. The highest BCUT2D eigenvalue weighted by Gasteiger charge is 2.06. The van der Waals surface area contributed by atoms with Crippen LogP contribution in [-0.4, -0.2) is 11.1 Å². The van der Waals surface area contributed by atoms with Crippen molar-refractivity contribution in [3.05, 3.63) is 42.0 Å². The second-order valence-electron chi connectivity index (χ2n) is 2.99. The zero-order valence-corrected chi connectivity index (χ0v) is 7.23. The number of hydrogen-bond donors (Lipinski definition) is 1. The Morgan fingerprint density at radius 2 is 2.00 bits per heavy atom. The van der Waals surface area contributed by atoms with E-state index in [0.717, 1.165) is 5.39 Å². The van der Waals surface area contributed by atoms with E-state index in [0.29, 0.717) is 5.39 Å². The molecule has 0 saturated carbocycles. The lowest BCUT2D eigenvalue weighted by atomic mass is 10.0. The number of benzene rings is 2. The van der Waals surface area contributed by atoms with Gasteiger partial charge in [0.15, 0.2) is 0 Å². The van der Waals surface area contributed by atoms with E-state index in [-0.39, 0.29) is 11.3 Å². The number of aromatic carboxylic acids is 1. The minimum Gasteiger partial charge on any atom is -0.872 e. The van der Waals surface area contributed by atoms with E-state index in [4.69, 9.17) is 5.11 Å². The number of carboxylic acid groups (broad SMARTS) is 1. The molecular formula is C11H7O3-. The first-order valence-corrected chi connectivity index (χ1v) is 4.11. The summed E-state index contributed by atoms with van der Waals surface area (Å²) in [5.41, 5.74) is 0.167. The van der Waals surface area contributed by atoms with Gasteiger partial charge in [-0.3, -0.25) is 0 Å².